The summed E-state index contributed by atoms with van der Waals surface area (Å²) in [5.74, 6) is -0.131. The normalized spacial score (nSPS) is 12.3. The molecule has 19 heavy (non-hydrogen) atoms. The van der Waals surface area contributed by atoms with Crippen LogP contribution in [-0.4, -0.2) is 27.8 Å². The molecule has 0 fully saturated rings. The molecule has 6 heteroatoms. The molecule has 0 bridgehead atoms. The van der Waals surface area contributed by atoms with E-state index >= 15 is 0 Å². The molecular formula is C13H19N3O3. The molecule has 0 saturated heterocycles. The minimum absolute atomic E-state index is 0.0219. The number of nitrogens with zero attached hydrogens (tertiary/aromatic N) is 2. The van der Waals surface area contributed by atoms with Crippen molar-refractivity contribution in [1.82, 2.24) is 4.90 Å². The summed E-state index contributed by atoms with van der Waals surface area (Å²) in [4.78, 5) is 23.7. The highest BCUT2D eigenvalue weighted by Crippen LogP contribution is 2.15. The number of nitrogens with two attached hydrogens (primary N) is 1. The lowest BCUT2D eigenvalue weighted by Gasteiger charge is -2.28. The van der Waals surface area contributed by atoms with Crippen LogP contribution in [0.15, 0.2) is 24.3 Å². The summed E-state index contributed by atoms with van der Waals surface area (Å²) >= 11 is 0. The quantitative estimate of drug-likeness (QED) is 0.648. The highest BCUT2D eigenvalue weighted by molar-refractivity contribution is 5.81. The summed E-state index contributed by atoms with van der Waals surface area (Å²) in [6, 6.07) is 5.65. The van der Waals surface area contributed by atoms with Crippen LogP contribution in [-0.2, 0) is 11.3 Å². The van der Waals surface area contributed by atoms with Crippen molar-refractivity contribution in [2.75, 3.05) is 0 Å². The molecule has 104 valence electrons. The second kappa shape index (κ2) is 6.29. The van der Waals surface area contributed by atoms with Crippen LogP contribution in [0, 0.1) is 10.1 Å². The molecular weight excluding hydrogens is 246 g/mol. The first-order valence-corrected chi connectivity index (χ1v) is 6.12. The zero-order valence-electron chi connectivity index (χ0n) is 11.4. The van der Waals surface area contributed by atoms with Crippen molar-refractivity contribution >= 4 is 11.6 Å². The largest absolute Gasteiger partial charge is 0.335 e. The van der Waals surface area contributed by atoms with E-state index in [1.165, 1.54) is 12.1 Å². The Bertz CT molecular complexity index is 455. The molecule has 0 aromatic heterocycles. The summed E-state index contributed by atoms with van der Waals surface area (Å²) < 4.78 is 0. The maximum Gasteiger partial charge on any atom is 0.269 e. The van der Waals surface area contributed by atoms with Crippen LogP contribution in [0.4, 0.5) is 5.69 Å². The van der Waals surface area contributed by atoms with Crippen LogP contribution in [0.2, 0.25) is 0 Å². The zero-order valence-corrected chi connectivity index (χ0v) is 11.4. The van der Waals surface area contributed by atoms with Crippen LogP contribution in [0.5, 0.6) is 0 Å². The van der Waals surface area contributed by atoms with Crippen molar-refractivity contribution in [3.63, 3.8) is 0 Å². The third kappa shape index (κ3) is 4.03. The van der Waals surface area contributed by atoms with E-state index in [0.717, 1.165) is 5.56 Å². The molecule has 0 spiro atoms. The average Bonchev–Trinajstić information content (AvgIpc) is 2.35. The van der Waals surface area contributed by atoms with Gasteiger partial charge in [0.2, 0.25) is 5.91 Å². The van der Waals surface area contributed by atoms with Gasteiger partial charge in [0.25, 0.3) is 5.69 Å². The van der Waals surface area contributed by atoms with Crippen molar-refractivity contribution in [2.45, 2.75) is 39.4 Å². The Balaban J connectivity index is 2.85. The van der Waals surface area contributed by atoms with Gasteiger partial charge in [-0.2, -0.15) is 0 Å². The topological polar surface area (TPSA) is 89.5 Å². The number of hydrogen-bond donors (Lipinski definition) is 1. The SMILES string of the molecule is CC(N)C(=O)N(Cc1ccc([N+](=O)[O-])cc1)C(C)C. The van der Waals surface area contributed by atoms with Gasteiger partial charge in [-0.05, 0) is 26.3 Å². The van der Waals surface area contributed by atoms with Gasteiger partial charge >= 0.3 is 0 Å². The van der Waals surface area contributed by atoms with E-state index in [-0.39, 0.29) is 17.6 Å². The average molecular weight is 265 g/mol. The first-order valence-electron chi connectivity index (χ1n) is 6.12. The number of carbonyl (C=O) groups is 1. The number of nitro benzene ring substituents is 1. The first-order chi connectivity index (χ1) is 8.82. The van der Waals surface area contributed by atoms with E-state index in [1.54, 1.807) is 24.0 Å². The highest BCUT2D eigenvalue weighted by Gasteiger charge is 2.20. The maximum atomic E-state index is 12.0. The molecule has 1 atom stereocenters. The number of hydrogen-bond acceptors (Lipinski definition) is 4. The Morgan fingerprint density at radius 3 is 2.21 bits per heavy atom. The number of non-ortho nitro benzene ring substituents is 1. The molecule has 1 aromatic carbocycles. The Morgan fingerprint density at radius 2 is 1.84 bits per heavy atom. The van der Waals surface area contributed by atoms with Gasteiger partial charge < -0.3 is 10.6 Å². The fourth-order valence-corrected chi connectivity index (χ4v) is 1.70. The van der Waals surface area contributed by atoms with Crippen LogP contribution in [0.1, 0.15) is 26.3 Å². The molecule has 0 saturated carbocycles. The number of benzene rings is 1. The van der Waals surface area contributed by atoms with Crippen LogP contribution < -0.4 is 5.73 Å². The Morgan fingerprint density at radius 1 is 1.32 bits per heavy atom. The molecule has 0 aliphatic carbocycles. The molecule has 0 heterocycles. The number of nitro groups is 1. The summed E-state index contributed by atoms with van der Waals surface area (Å²) in [5, 5.41) is 10.6. The van der Waals surface area contributed by atoms with Crippen molar-refractivity contribution in [3.05, 3.63) is 39.9 Å². The lowest BCUT2D eigenvalue weighted by Crippen LogP contribution is -2.45. The summed E-state index contributed by atoms with van der Waals surface area (Å²) in [5.41, 5.74) is 6.49. The number of carbonyl (C=O) groups excluding carboxylic acids is 1. The second-order valence-electron chi connectivity index (χ2n) is 4.77. The Kier molecular flexibility index (Phi) is 5.00. The van der Waals surface area contributed by atoms with Gasteiger partial charge in [0.05, 0.1) is 11.0 Å². The number of amides is 1. The van der Waals surface area contributed by atoms with Gasteiger partial charge in [-0.15, -0.1) is 0 Å². The van der Waals surface area contributed by atoms with E-state index in [2.05, 4.69) is 0 Å². The van der Waals surface area contributed by atoms with Crippen molar-refractivity contribution in [3.8, 4) is 0 Å². The molecule has 0 radical (unpaired) electrons. The number of rotatable bonds is 5. The zero-order chi connectivity index (χ0) is 14.6. The van der Waals surface area contributed by atoms with Gasteiger partial charge in [0.15, 0.2) is 0 Å². The minimum atomic E-state index is -0.555. The van der Waals surface area contributed by atoms with E-state index in [9.17, 15) is 14.9 Å². The van der Waals surface area contributed by atoms with Crippen LogP contribution in [0.3, 0.4) is 0 Å². The molecule has 6 nitrogen and oxygen atoms in total. The maximum absolute atomic E-state index is 12.0. The molecule has 0 aliphatic heterocycles. The fraction of sp³-hybridized carbons (Fsp3) is 0.462. The minimum Gasteiger partial charge on any atom is -0.335 e. The highest BCUT2D eigenvalue weighted by atomic mass is 16.6. The Labute approximate surface area is 112 Å². The fourth-order valence-electron chi connectivity index (χ4n) is 1.70. The van der Waals surface area contributed by atoms with Crippen molar-refractivity contribution in [2.24, 2.45) is 5.73 Å². The third-order valence-electron chi connectivity index (χ3n) is 2.80. The predicted molar refractivity (Wildman–Crippen MR) is 72.4 cm³/mol. The third-order valence-corrected chi connectivity index (χ3v) is 2.80. The monoisotopic (exact) mass is 265 g/mol. The van der Waals surface area contributed by atoms with Crippen LogP contribution in [0.25, 0.3) is 0 Å². The van der Waals surface area contributed by atoms with E-state index in [0.29, 0.717) is 6.54 Å². The van der Waals surface area contributed by atoms with E-state index < -0.39 is 11.0 Å². The standard InChI is InChI=1S/C13H19N3O3/c1-9(2)15(13(17)10(3)14)8-11-4-6-12(7-5-11)16(18)19/h4-7,9-10H,8,14H2,1-3H3. The summed E-state index contributed by atoms with van der Waals surface area (Å²) in [6.07, 6.45) is 0. The van der Waals surface area contributed by atoms with Crippen molar-refractivity contribution in [1.29, 1.82) is 0 Å². The smallest absolute Gasteiger partial charge is 0.269 e. The lowest BCUT2D eigenvalue weighted by atomic mass is 10.1. The summed E-state index contributed by atoms with van der Waals surface area (Å²) in [6.45, 7) is 5.86. The van der Waals surface area contributed by atoms with E-state index in [4.69, 9.17) is 5.73 Å². The molecule has 1 rings (SSSR count). The van der Waals surface area contributed by atoms with Crippen LogP contribution >= 0.6 is 0 Å². The molecule has 0 aliphatic rings. The van der Waals surface area contributed by atoms with Gasteiger partial charge in [-0.1, -0.05) is 12.1 Å². The molecule has 2 N–H and O–H groups in total. The van der Waals surface area contributed by atoms with E-state index in [1.807, 2.05) is 13.8 Å². The van der Waals surface area contributed by atoms with Gasteiger partial charge in [-0.25, -0.2) is 0 Å². The van der Waals surface area contributed by atoms with Gasteiger partial charge in [-0.3, -0.25) is 14.9 Å². The molecule has 1 aromatic rings. The molecule has 1 amide bonds. The predicted octanol–water partition coefficient (Wildman–Crippen LogP) is 1.68. The lowest BCUT2D eigenvalue weighted by molar-refractivity contribution is -0.384. The van der Waals surface area contributed by atoms with Gasteiger partial charge in [0, 0.05) is 24.7 Å². The summed E-state index contributed by atoms with van der Waals surface area (Å²) in [7, 11) is 0. The van der Waals surface area contributed by atoms with Gasteiger partial charge in [0.1, 0.15) is 0 Å². The molecule has 1 unspecified atom stereocenters. The Hall–Kier alpha value is -1.95. The second-order valence-corrected chi connectivity index (χ2v) is 4.77. The first kappa shape index (κ1) is 15.1. The van der Waals surface area contributed by atoms with Crippen molar-refractivity contribution < 1.29 is 9.72 Å².